The Balaban J connectivity index is 1.99. The molecule has 0 atom stereocenters. The Hall–Kier alpha value is -2.28. The van der Waals surface area contributed by atoms with Gasteiger partial charge in [0.2, 0.25) is 0 Å². The van der Waals surface area contributed by atoms with Gasteiger partial charge in [-0.2, -0.15) is 0 Å². The predicted octanol–water partition coefficient (Wildman–Crippen LogP) is 2.91. The number of nitrogens with one attached hydrogen (secondary N) is 2. The largest absolute Gasteiger partial charge is 0.493 e. The lowest BCUT2D eigenvalue weighted by atomic mass is 10.2. The average molecular weight is 367 g/mol. The second-order valence-electron chi connectivity index (χ2n) is 4.36. The normalized spacial score (nSPS) is 10.1. The van der Waals surface area contributed by atoms with Gasteiger partial charge in [0, 0.05) is 0 Å². The van der Waals surface area contributed by atoms with E-state index in [0.29, 0.717) is 22.6 Å². The summed E-state index contributed by atoms with van der Waals surface area (Å²) in [5.74, 6) is -0.462. The molecule has 1 heterocycles. The first-order valence-electron chi connectivity index (χ1n) is 6.69. The van der Waals surface area contributed by atoms with Crippen molar-refractivity contribution in [2.45, 2.75) is 13.3 Å². The lowest BCUT2D eigenvalue weighted by molar-refractivity contribution is 0.0828. The summed E-state index contributed by atoms with van der Waals surface area (Å²) in [6.45, 7) is 2.49. The first-order chi connectivity index (χ1) is 10.6. The molecule has 0 aliphatic carbocycles. The van der Waals surface area contributed by atoms with Gasteiger partial charge in [0.1, 0.15) is 5.75 Å². The number of carbonyl (C=O) groups excluding carboxylic acids is 2. The number of hydrazine groups is 1. The van der Waals surface area contributed by atoms with Crippen LogP contribution in [0.5, 0.6) is 5.75 Å². The first-order valence-corrected chi connectivity index (χ1v) is 7.49. The van der Waals surface area contributed by atoms with Crippen LogP contribution in [-0.4, -0.2) is 18.4 Å². The summed E-state index contributed by atoms with van der Waals surface area (Å²) in [5, 5.41) is 0. The zero-order chi connectivity index (χ0) is 15.9. The second-order valence-corrected chi connectivity index (χ2v) is 5.14. The fraction of sp³-hybridized carbons (Fsp3) is 0.200. The highest BCUT2D eigenvalue weighted by atomic mass is 79.9. The molecule has 1 aromatic carbocycles. The Morgan fingerprint density at radius 1 is 1.14 bits per heavy atom. The zero-order valence-corrected chi connectivity index (χ0v) is 13.5. The molecule has 7 heteroatoms. The van der Waals surface area contributed by atoms with E-state index in [1.807, 2.05) is 6.92 Å². The zero-order valence-electron chi connectivity index (χ0n) is 11.9. The van der Waals surface area contributed by atoms with E-state index in [1.54, 1.807) is 30.3 Å². The molecular weight excluding hydrogens is 352 g/mol. The molecular formula is C15H15BrN2O4. The number of halogens is 1. The highest BCUT2D eigenvalue weighted by Crippen LogP contribution is 2.18. The fourth-order valence-electron chi connectivity index (χ4n) is 1.67. The van der Waals surface area contributed by atoms with Crippen LogP contribution in [0.2, 0.25) is 0 Å². The highest BCUT2D eigenvalue weighted by molar-refractivity contribution is 9.10. The van der Waals surface area contributed by atoms with Crippen LogP contribution in [0.25, 0.3) is 0 Å². The Morgan fingerprint density at radius 3 is 2.55 bits per heavy atom. The Kier molecular flexibility index (Phi) is 5.60. The Labute approximate surface area is 135 Å². The van der Waals surface area contributed by atoms with E-state index in [1.165, 1.54) is 6.07 Å². The SMILES string of the molecule is CCCOc1ccccc1C(=O)NNC(=O)c1ccc(Br)o1. The maximum Gasteiger partial charge on any atom is 0.305 e. The molecule has 6 nitrogen and oxygen atoms in total. The van der Waals surface area contributed by atoms with Crippen molar-refractivity contribution in [3.8, 4) is 5.75 Å². The molecule has 2 rings (SSSR count). The van der Waals surface area contributed by atoms with Crippen LogP contribution >= 0.6 is 15.9 Å². The molecule has 0 aliphatic rings. The number of para-hydroxylation sites is 1. The molecule has 2 amide bonds. The minimum Gasteiger partial charge on any atom is -0.493 e. The van der Waals surface area contributed by atoms with Crippen molar-refractivity contribution in [3.05, 3.63) is 52.4 Å². The van der Waals surface area contributed by atoms with Gasteiger partial charge in [-0.3, -0.25) is 20.4 Å². The first kappa shape index (κ1) is 16.1. The lowest BCUT2D eigenvalue weighted by Gasteiger charge is -2.11. The highest BCUT2D eigenvalue weighted by Gasteiger charge is 2.15. The van der Waals surface area contributed by atoms with E-state index in [4.69, 9.17) is 9.15 Å². The molecule has 0 aliphatic heterocycles. The van der Waals surface area contributed by atoms with E-state index in [2.05, 4.69) is 26.8 Å². The van der Waals surface area contributed by atoms with Crippen LogP contribution in [-0.2, 0) is 0 Å². The van der Waals surface area contributed by atoms with E-state index >= 15 is 0 Å². The number of ether oxygens (including phenoxy) is 1. The van der Waals surface area contributed by atoms with Gasteiger partial charge >= 0.3 is 5.91 Å². The van der Waals surface area contributed by atoms with E-state index < -0.39 is 11.8 Å². The van der Waals surface area contributed by atoms with E-state index in [9.17, 15) is 9.59 Å². The fourth-order valence-corrected chi connectivity index (χ4v) is 1.98. The molecule has 0 saturated carbocycles. The minimum atomic E-state index is -0.550. The molecule has 2 aromatic rings. The molecule has 0 saturated heterocycles. The predicted molar refractivity (Wildman–Crippen MR) is 83.6 cm³/mol. The monoisotopic (exact) mass is 366 g/mol. The van der Waals surface area contributed by atoms with Crippen molar-refractivity contribution in [2.75, 3.05) is 6.61 Å². The molecule has 1 aromatic heterocycles. The Morgan fingerprint density at radius 2 is 1.86 bits per heavy atom. The van der Waals surface area contributed by atoms with Crippen molar-refractivity contribution in [1.82, 2.24) is 10.9 Å². The van der Waals surface area contributed by atoms with Crippen molar-refractivity contribution in [3.63, 3.8) is 0 Å². The molecule has 0 spiro atoms. The van der Waals surface area contributed by atoms with Crippen LogP contribution in [0.1, 0.15) is 34.3 Å². The van der Waals surface area contributed by atoms with Crippen molar-refractivity contribution >= 4 is 27.7 Å². The van der Waals surface area contributed by atoms with E-state index in [-0.39, 0.29) is 5.76 Å². The third-order valence-electron chi connectivity index (χ3n) is 2.68. The van der Waals surface area contributed by atoms with Gasteiger partial charge in [-0.05, 0) is 46.6 Å². The average Bonchev–Trinajstić information content (AvgIpc) is 2.97. The number of hydrogen-bond acceptors (Lipinski definition) is 4. The molecule has 0 unspecified atom stereocenters. The smallest absolute Gasteiger partial charge is 0.305 e. The standard InChI is InChI=1S/C15H15BrN2O4/c1-2-9-21-11-6-4-3-5-10(11)14(19)17-18-15(20)12-7-8-13(16)22-12/h3-8H,2,9H2,1H3,(H,17,19)(H,18,20). The molecule has 0 bridgehead atoms. The summed E-state index contributed by atoms with van der Waals surface area (Å²) in [5.41, 5.74) is 4.96. The van der Waals surface area contributed by atoms with Gasteiger partial charge < -0.3 is 9.15 Å². The molecule has 0 radical (unpaired) electrons. The van der Waals surface area contributed by atoms with Crippen molar-refractivity contribution in [1.29, 1.82) is 0 Å². The van der Waals surface area contributed by atoms with Gasteiger partial charge in [0.15, 0.2) is 10.4 Å². The summed E-state index contributed by atoms with van der Waals surface area (Å²) in [6.07, 6.45) is 0.833. The van der Waals surface area contributed by atoms with Crippen LogP contribution < -0.4 is 15.6 Å². The topological polar surface area (TPSA) is 80.6 Å². The maximum atomic E-state index is 12.1. The van der Waals surface area contributed by atoms with Gasteiger partial charge in [-0.15, -0.1) is 0 Å². The van der Waals surface area contributed by atoms with Crippen LogP contribution in [0.3, 0.4) is 0 Å². The number of benzene rings is 1. The maximum absolute atomic E-state index is 12.1. The number of furan rings is 1. The molecule has 116 valence electrons. The van der Waals surface area contributed by atoms with Gasteiger partial charge in [0.25, 0.3) is 5.91 Å². The van der Waals surface area contributed by atoms with Crippen LogP contribution in [0, 0.1) is 0 Å². The quantitative estimate of drug-likeness (QED) is 0.797. The van der Waals surface area contributed by atoms with E-state index in [0.717, 1.165) is 6.42 Å². The molecule has 0 fully saturated rings. The number of hydrogen-bond donors (Lipinski definition) is 2. The van der Waals surface area contributed by atoms with Gasteiger partial charge in [-0.25, -0.2) is 0 Å². The van der Waals surface area contributed by atoms with Crippen LogP contribution in [0.4, 0.5) is 0 Å². The second kappa shape index (κ2) is 7.65. The number of amides is 2. The summed E-state index contributed by atoms with van der Waals surface area (Å²) in [7, 11) is 0. The molecule has 22 heavy (non-hydrogen) atoms. The lowest BCUT2D eigenvalue weighted by Crippen LogP contribution is -2.41. The third kappa shape index (κ3) is 4.11. The third-order valence-corrected chi connectivity index (χ3v) is 3.11. The summed E-state index contributed by atoms with van der Waals surface area (Å²) >= 11 is 3.10. The van der Waals surface area contributed by atoms with Crippen molar-refractivity contribution < 1.29 is 18.7 Å². The summed E-state index contributed by atoms with van der Waals surface area (Å²) < 4.78 is 11.0. The van der Waals surface area contributed by atoms with Crippen LogP contribution in [0.15, 0.2) is 45.5 Å². The summed E-state index contributed by atoms with van der Waals surface area (Å²) in [6, 6.07) is 9.90. The minimum absolute atomic E-state index is 0.0858. The van der Waals surface area contributed by atoms with Crippen molar-refractivity contribution in [2.24, 2.45) is 0 Å². The van der Waals surface area contributed by atoms with Gasteiger partial charge in [-0.1, -0.05) is 19.1 Å². The Bertz CT molecular complexity index is 669. The van der Waals surface area contributed by atoms with Gasteiger partial charge in [0.05, 0.1) is 12.2 Å². The summed E-state index contributed by atoms with van der Waals surface area (Å²) in [4.78, 5) is 23.9. The molecule has 2 N–H and O–H groups in total. The number of rotatable bonds is 5. The number of carbonyl (C=O) groups is 2.